The van der Waals surface area contributed by atoms with Crippen LogP contribution in [-0.2, 0) is 11.3 Å². The smallest absolute Gasteiger partial charge is 0.293 e. The highest BCUT2D eigenvalue weighted by molar-refractivity contribution is 8.18. The Morgan fingerprint density at radius 2 is 1.72 bits per heavy atom. The maximum absolute atomic E-state index is 12.7. The molecule has 0 radical (unpaired) electrons. The zero-order chi connectivity index (χ0) is 20.4. The average Bonchev–Trinajstić information content (AvgIpc) is 3.34. The topological polar surface area (TPSA) is 83.8 Å². The Morgan fingerprint density at radius 3 is 2.41 bits per heavy atom. The van der Waals surface area contributed by atoms with E-state index in [1.807, 2.05) is 24.3 Å². The number of hydrogen-bond donors (Lipinski definition) is 0. The van der Waals surface area contributed by atoms with Crippen molar-refractivity contribution in [3.05, 3.63) is 74.7 Å². The van der Waals surface area contributed by atoms with Crippen LogP contribution in [0.4, 0.5) is 16.2 Å². The summed E-state index contributed by atoms with van der Waals surface area (Å²) >= 11 is 0.858. The lowest BCUT2D eigenvalue weighted by Gasteiger charge is -2.17. The number of thioether (sulfide) groups is 1. The second kappa shape index (κ2) is 8.08. The first-order valence-corrected chi connectivity index (χ1v) is 10.2. The molecule has 0 atom stereocenters. The lowest BCUT2D eigenvalue weighted by Crippen LogP contribution is -2.27. The number of anilines is 1. The number of amides is 2. The Bertz CT molecular complexity index is 997. The zero-order valence-electron chi connectivity index (χ0n) is 15.6. The molecule has 0 N–H and O–H groups in total. The van der Waals surface area contributed by atoms with Crippen molar-refractivity contribution in [1.82, 2.24) is 4.90 Å². The summed E-state index contributed by atoms with van der Waals surface area (Å²) in [6.07, 6.45) is 4.10. The molecule has 0 bridgehead atoms. The predicted octanol–water partition coefficient (Wildman–Crippen LogP) is 4.43. The Hall–Kier alpha value is -3.13. The van der Waals surface area contributed by atoms with E-state index in [0.717, 1.165) is 41.0 Å². The highest BCUT2D eigenvalue weighted by Gasteiger charge is 2.36. The molecule has 29 heavy (non-hydrogen) atoms. The van der Waals surface area contributed by atoms with Crippen LogP contribution in [-0.4, -0.2) is 34.1 Å². The number of nitro groups is 1. The fraction of sp³-hybridized carbons (Fsp3) is 0.238. The molecule has 0 saturated carbocycles. The third-order valence-corrected chi connectivity index (χ3v) is 5.96. The van der Waals surface area contributed by atoms with Crippen LogP contribution in [0, 0.1) is 10.1 Å². The van der Waals surface area contributed by atoms with E-state index in [4.69, 9.17) is 0 Å². The van der Waals surface area contributed by atoms with Crippen LogP contribution in [0.25, 0.3) is 6.08 Å². The minimum atomic E-state index is -0.508. The Labute approximate surface area is 172 Å². The summed E-state index contributed by atoms with van der Waals surface area (Å²) in [5, 5.41) is 10.8. The SMILES string of the molecule is O=C1S/C(=C\c2ccc(N3CCCC3)cc2)C(=O)N1Cc1ccccc1[N+](=O)[O-]. The van der Waals surface area contributed by atoms with Gasteiger partial charge in [-0.15, -0.1) is 0 Å². The third-order valence-electron chi connectivity index (χ3n) is 5.05. The molecule has 0 unspecified atom stereocenters. The Balaban J connectivity index is 1.51. The first-order chi connectivity index (χ1) is 14.0. The number of rotatable bonds is 5. The fourth-order valence-electron chi connectivity index (χ4n) is 3.54. The van der Waals surface area contributed by atoms with Gasteiger partial charge in [-0.1, -0.05) is 30.3 Å². The van der Waals surface area contributed by atoms with Crippen molar-refractivity contribution in [1.29, 1.82) is 0 Å². The first kappa shape index (κ1) is 19.2. The molecule has 2 aliphatic rings. The van der Waals surface area contributed by atoms with Crippen LogP contribution in [0.15, 0.2) is 53.4 Å². The van der Waals surface area contributed by atoms with Crippen molar-refractivity contribution in [3.63, 3.8) is 0 Å². The van der Waals surface area contributed by atoms with Gasteiger partial charge in [-0.25, -0.2) is 0 Å². The summed E-state index contributed by atoms with van der Waals surface area (Å²) in [4.78, 5) is 39.4. The maximum atomic E-state index is 12.7. The van der Waals surface area contributed by atoms with Crippen molar-refractivity contribution in [2.75, 3.05) is 18.0 Å². The molecule has 8 heteroatoms. The quantitative estimate of drug-likeness (QED) is 0.413. The number of benzene rings is 2. The summed E-state index contributed by atoms with van der Waals surface area (Å²) in [5.41, 5.74) is 2.22. The van der Waals surface area contributed by atoms with E-state index in [1.165, 1.54) is 18.9 Å². The lowest BCUT2D eigenvalue weighted by atomic mass is 10.1. The van der Waals surface area contributed by atoms with Gasteiger partial charge in [0.1, 0.15) is 0 Å². The number of hydrogen-bond acceptors (Lipinski definition) is 6. The van der Waals surface area contributed by atoms with Crippen LogP contribution in [0.2, 0.25) is 0 Å². The van der Waals surface area contributed by atoms with Gasteiger partial charge in [0.25, 0.3) is 16.8 Å². The van der Waals surface area contributed by atoms with Crippen molar-refractivity contribution < 1.29 is 14.5 Å². The fourth-order valence-corrected chi connectivity index (χ4v) is 4.38. The highest BCUT2D eigenvalue weighted by atomic mass is 32.2. The number of para-hydroxylation sites is 1. The molecule has 2 heterocycles. The predicted molar refractivity (Wildman–Crippen MR) is 112 cm³/mol. The Morgan fingerprint density at radius 1 is 1.03 bits per heavy atom. The standard InChI is InChI=1S/C21H19N3O4S/c25-20-19(13-15-7-9-17(10-8-15)22-11-3-4-12-22)29-21(26)23(20)14-16-5-1-2-6-18(16)24(27)28/h1-2,5-10,13H,3-4,11-12,14H2/b19-13-. The molecular weight excluding hydrogens is 390 g/mol. The molecule has 2 aromatic carbocycles. The van der Waals surface area contributed by atoms with Gasteiger partial charge in [0.2, 0.25) is 0 Å². The van der Waals surface area contributed by atoms with E-state index in [0.29, 0.717) is 10.5 Å². The summed E-state index contributed by atoms with van der Waals surface area (Å²) in [5.74, 6) is -0.429. The largest absolute Gasteiger partial charge is 0.372 e. The summed E-state index contributed by atoms with van der Waals surface area (Å²) in [6, 6.07) is 14.0. The molecule has 0 aromatic heterocycles. The number of nitrogens with zero attached hydrogens (tertiary/aromatic N) is 3. The normalized spacial score (nSPS) is 18.1. The zero-order valence-corrected chi connectivity index (χ0v) is 16.4. The van der Waals surface area contributed by atoms with Crippen LogP contribution in [0.1, 0.15) is 24.0 Å². The van der Waals surface area contributed by atoms with Gasteiger partial charge in [0, 0.05) is 30.4 Å². The first-order valence-electron chi connectivity index (χ1n) is 9.35. The summed E-state index contributed by atoms with van der Waals surface area (Å²) in [7, 11) is 0. The number of nitro benzene ring substituents is 1. The second-order valence-corrected chi connectivity index (χ2v) is 7.93. The summed E-state index contributed by atoms with van der Waals surface area (Å²) in [6.45, 7) is 2.00. The molecule has 2 aromatic rings. The monoisotopic (exact) mass is 409 g/mol. The van der Waals surface area contributed by atoms with E-state index < -0.39 is 16.1 Å². The minimum Gasteiger partial charge on any atom is -0.372 e. The van der Waals surface area contributed by atoms with E-state index in [2.05, 4.69) is 4.90 Å². The Kier molecular flexibility index (Phi) is 5.35. The van der Waals surface area contributed by atoms with Crippen molar-refractivity contribution in [2.45, 2.75) is 19.4 Å². The molecule has 2 saturated heterocycles. The van der Waals surface area contributed by atoms with Gasteiger partial charge < -0.3 is 4.90 Å². The molecular formula is C21H19N3O4S. The molecule has 0 spiro atoms. The lowest BCUT2D eigenvalue weighted by molar-refractivity contribution is -0.385. The number of carbonyl (C=O) groups is 2. The van der Waals surface area contributed by atoms with E-state index in [9.17, 15) is 19.7 Å². The van der Waals surface area contributed by atoms with Gasteiger partial charge >= 0.3 is 0 Å². The third kappa shape index (κ3) is 4.02. The minimum absolute atomic E-state index is 0.104. The average molecular weight is 409 g/mol. The van der Waals surface area contributed by atoms with Crippen LogP contribution in [0.5, 0.6) is 0 Å². The number of carbonyl (C=O) groups excluding carboxylic acids is 2. The van der Waals surface area contributed by atoms with Gasteiger partial charge in [0.05, 0.1) is 16.4 Å². The number of imide groups is 1. The molecule has 2 aliphatic heterocycles. The second-order valence-electron chi connectivity index (χ2n) is 6.94. The maximum Gasteiger partial charge on any atom is 0.293 e. The van der Waals surface area contributed by atoms with Crippen LogP contribution in [0.3, 0.4) is 0 Å². The van der Waals surface area contributed by atoms with Crippen LogP contribution < -0.4 is 4.90 Å². The van der Waals surface area contributed by atoms with Crippen molar-refractivity contribution >= 4 is 40.4 Å². The van der Waals surface area contributed by atoms with Crippen molar-refractivity contribution in [2.24, 2.45) is 0 Å². The highest BCUT2D eigenvalue weighted by Crippen LogP contribution is 2.34. The van der Waals surface area contributed by atoms with Crippen molar-refractivity contribution in [3.8, 4) is 0 Å². The molecule has 4 rings (SSSR count). The van der Waals surface area contributed by atoms with Gasteiger partial charge in [-0.2, -0.15) is 0 Å². The summed E-state index contributed by atoms with van der Waals surface area (Å²) < 4.78 is 0. The molecule has 2 fully saturated rings. The van der Waals surface area contributed by atoms with Gasteiger partial charge in [-0.05, 0) is 48.4 Å². The molecule has 2 amide bonds. The van der Waals surface area contributed by atoms with E-state index >= 15 is 0 Å². The van der Waals surface area contributed by atoms with Crippen LogP contribution >= 0.6 is 11.8 Å². The van der Waals surface area contributed by atoms with Gasteiger partial charge in [0.15, 0.2) is 0 Å². The van der Waals surface area contributed by atoms with E-state index in [-0.39, 0.29) is 12.2 Å². The molecule has 7 nitrogen and oxygen atoms in total. The molecule has 0 aliphatic carbocycles. The van der Waals surface area contributed by atoms with Gasteiger partial charge in [-0.3, -0.25) is 24.6 Å². The van der Waals surface area contributed by atoms with E-state index in [1.54, 1.807) is 24.3 Å². The molecule has 148 valence electrons.